The second-order valence-corrected chi connectivity index (χ2v) is 5.65. The number of halogens is 1. The molecule has 0 aliphatic carbocycles. The molecule has 1 amide bonds. The number of rotatable bonds is 5. The summed E-state index contributed by atoms with van der Waals surface area (Å²) in [6.07, 6.45) is 3.02. The van der Waals surface area contributed by atoms with Crippen LogP contribution in [0.1, 0.15) is 21.5 Å². The third kappa shape index (κ3) is 3.23. The van der Waals surface area contributed by atoms with Crippen LogP contribution in [0, 0.1) is 6.92 Å². The predicted octanol–water partition coefficient (Wildman–Crippen LogP) is 2.91. The first-order chi connectivity index (χ1) is 11.6. The molecule has 24 heavy (non-hydrogen) atoms. The lowest BCUT2D eigenvalue weighted by Gasteiger charge is -2.14. The van der Waals surface area contributed by atoms with Crippen molar-refractivity contribution in [1.29, 1.82) is 0 Å². The van der Waals surface area contributed by atoms with Crippen molar-refractivity contribution < 1.29 is 9.53 Å². The van der Waals surface area contributed by atoms with Crippen molar-refractivity contribution in [1.82, 2.24) is 14.8 Å². The average Bonchev–Trinajstić information content (AvgIpc) is 3.08. The maximum atomic E-state index is 11.6. The Kier molecular flexibility index (Phi) is 4.48. The van der Waals surface area contributed by atoms with E-state index in [9.17, 15) is 4.79 Å². The Hall–Kier alpha value is -2.86. The van der Waals surface area contributed by atoms with Gasteiger partial charge in [-0.2, -0.15) is 5.10 Å². The molecule has 3 aromatic rings. The third-order valence-corrected chi connectivity index (χ3v) is 3.80. The van der Waals surface area contributed by atoms with Crippen molar-refractivity contribution in [2.75, 3.05) is 0 Å². The number of hydrogen-bond acceptors (Lipinski definition) is 4. The van der Waals surface area contributed by atoms with E-state index in [1.807, 2.05) is 19.1 Å². The summed E-state index contributed by atoms with van der Waals surface area (Å²) in [6.45, 7) is 2.10. The predicted molar refractivity (Wildman–Crippen MR) is 90.4 cm³/mol. The lowest BCUT2D eigenvalue weighted by molar-refractivity contribution is 0.0995. The number of benzene rings is 2. The first-order valence-corrected chi connectivity index (χ1v) is 7.59. The number of primary amides is 1. The van der Waals surface area contributed by atoms with Gasteiger partial charge in [0.1, 0.15) is 25.0 Å². The number of carbonyl (C=O) groups excluding carboxylic acids is 1. The molecule has 0 fully saturated rings. The van der Waals surface area contributed by atoms with Gasteiger partial charge in [-0.1, -0.05) is 29.8 Å². The van der Waals surface area contributed by atoms with E-state index < -0.39 is 5.91 Å². The van der Waals surface area contributed by atoms with Gasteiger partial charge in [0, 0.05) is 10.6 Å². The SMILES string of the molecule is Cc1cccc(C(N)=O)c1OCc1ccc(Cl)cc1-n1cncn1. The summed E-state index contributed by atoms with van der Waals surface area (Å²) in [5, 5.41) is 4.71. The molecule has 2 aromatic carbocycles. The van der Waals surface area contributed by atoms with Crippen LogP contribution < -0.4 is 10.5 Å². The zero-order chi connectivity index (χ0) is 17.1. The number of aryl methyl sites for hydroxylation is 1. The molecule has 6 nitrogen and oxygen atoms in total. The van der Waals surface area contributed by atoms with Crippen molar-refractivity contribution in [3.05, 3.63) is 70.8 Å². The Morgan fingerprint density at radius 1 is 1.33 bits per heavy atom. The maximum absolute atomic E-state index is 11.6. The van der Waals surface area contributed by atoms with Crippen LogP contribution in [0.2, 0.25) is 5.02 Å². The number of nitrogens with two attached hydrogens (primary N) is 1. The number of ether oxygens (including phenoxy) is 1. The molecule has 2 N–H and O–H groups in total. The summed E-state index contributed by atoms with van der Waals surface area (Å²) in [5.74, 6) is -0.0502. The summed E-state index contributed by atoms with van der Waals surface area (Å²) >= 11 is 6.08. The lowest BCUT2D eigenvalue weighted by atomic mass is 10.1. The van der Waals surface area contributed by atoms with Crippen molar-refractivity contribution in [2.24, 2.45) is 5.73 Å². The van der Waals surface area contributed by atoms with E-state index in [4.69, 9.17) is 22.1 Å². The van der Waals surface area contributed by atoms with Crippen LogP contribution in [0.5, 0.6) is 5.75 Å². The quantitative estimate of drug-likeness (QED) is 0.772. The first-order valence-electron chi connectivity index (χ1n) is 7.22. The van der Waals surface area contributed by atoms with Crippen LogP contribution in [0.25, 0.3) is 5.69 Å². The van der Waals surface area contributed by atoms with Crippen molar-refractivity contribution >= 4 is 17.5 Å². The molecule has 0 spiro atoms. The van der Waals surface area contributed by atoms with E-state index in [0.717, 1.165) is 16.8 Å². The van der Waals surface area contributed by atoms with E-state index in [2.05, 4.69) is 10.1 Å². The van der Waals surface area contributed by atoms with Gasteiger partial charge in [-0.25, -0.2) is 9.67 Å². The second kappa shape index (κ2) is 6.72. The van der Waals surface area contributed by atoms with Gasteiger partial charge in [-0.15, -0.1) is 0 Å². The van der Waals surface area contributed by atoms with E-state index in [0.29, 0.717) is 16.3 Å². The number of nitrogens with zero attached hydrogens (tertiary/aromatic N) is 3. The minimum absolute atomic E-state index is 0.234. The molecule has 3 rings (SSSR count). The Bertz CT molecular complexity index is 878. The summed E-state index contributed by atoms with van der Waals surface area (Å²) in [7, 11) is 0. The van der Waals surface area contributed by atoms with Gasteiger partial charge >= 0.3 is 0 Å². The van der Waals surface area contributed by atoms with E-state index >= 15 is 0 Å². The molecular formula is C17H15ClN4O2. The largest absolute Gasteiger partial charge is 0.488 e. The summed E-state index contributed by atoms with van der Waals surface area (Å²) in [4.78, 5) is 15.5. The summed E-state index contributed by atoms with van der Waals surface area (Å²) in [5.41, 5.74) is 8.22. The molecule has 0 unspecified atom stereocenters. The zero-order valence-electron chi connectivity index (χ0n) is 12.9. The van der Waals surface area contributed by atoms with Gasteiger partial charge in [-0.3, -0.25) is 4.79 Å². The van der Waals surface area contributed by atoms with Gasteiger partial charge in [-0.05, 0) is 30.7 Å². The number of para-hydroxylation sites is 1. The van der Waals surface area contributed by atoms with Crippen LogP contribution in [-0.4, -0.2) is 20.7 Å². The molecule has 0 saturated carbocycles. The molecule has 7 heteroatoms. The highest BCUT2D eigenvalue weighted by molar-refractivity contribution is 6.30. The maximum Gasteiger partial charge on any atom is 0.252 e. The summed E-state index contributed by atoms with van der Waals surface area (Å²) in [6, 6.07) is 10.7. The van der Waals surface area contributed by atoms with Gasteiger partial charge in [0.2, 0.25) is 0 Å². The molecule has 0 saturated heterocycles. The van der Waals surface area contributed by atoms with Crippen LogP contribution >= 0.6 is 11.6 Å². The van der Waals surface area contributed by atoms with Crippen LogP contribution in [0.3, 0.4) is 0 Å². The van der Waals surface area contributed by atoms with Crippen LogP contribution in [0.15, 0.2) is 49.1 Å². The van der Waals surface area contributed by atoms with Crippen LogP contribution in [-0.2, 0) is 6.61 Å². The van der Waals surface area contributed by atoms with Gasteiger partial charge < -0.3 is 10.5 Å². The number of amides is 1. The lowest BCUT2D eigenvalue weighted by Crippen LogP contribution is -2.14. The minimum Gasteiger partial charge on any atom is -0.488 e. The summed E-state index contributed by atoms with van der Waals surface area (Å²) < 4.78 is 7.50. The molecule has 0 aliphatic heterocycles. The molecule has 122 valence electrons. The minimum atomic E-state index is -0.527. The molecule has 0 bridgehead atoms. The molecular weight excluding hydrogens is 328 g/mol. The third-order valence-electron chi connectivity index (χ3n) is 3.56. The van der Waals surface area contributed by atoms with E-state index in [1.54, 1.807) is 35.3 Å². The van der Waals surface area contributed by atoms with Crippen LogP contribution in [0.4, 0.5) is 0 Å². The Labute approximate surface area is 143 Å². The Morgan fingerprint density at radius 2 is 2.17 bits per heavy atom. The van der Waals surface area contributed by atoms with E-state index in [1.165, 1.54) is 6.33 Å². The first kappa shape index (κ1) is 16.0. The van der Waals surface area contributed by atoms with Crippen molar-refractivity contribution in [2.45, 2.75) is 13.5 Å². The highest BCUT2D eigenvalue weighted by Gasteiger charge is 2.13. The molecule has 0 aliphatic rings. The number of hydrogen-bond donors (Lipinski definition) is 1. The van der Waals surface area contributed by atoms with Crippen molar-refractivity contribution in [3.63, 3.8) is 0 Å². The highest BCUT2D eigenvalue weighted by atomic mass is 35.5. The fraction of sp³-hybridized carbons (Fsp3) is 0.118. The molecule has 0 atom stereocenters. The second-order valence-electron chi connectivity index (χ2n) is 5.22. The topological polar surface area (TPSA) is 83.0 Å². The average molecular weight is 343 g/mol. The van der Waals surface area contributed by atoms with E-state index in [-0.39, 0.29) is 6.61 Å². The molecule has 1 heterocycles. The molecule has 0 radical (unpaired) electrons. The Balaban J connectivity index is 1.93. The monoisotopic (exact) mass is 342 g/mol. The standard InChI is InChI=1S/C17H15ClN4O2/c1-11-3-2-4-14(17(19)23)16(11)24-8-12-5-6-13(18)7-15(12)22-10-20-9-21-22/h2-7,9-10H,8H2,1H3,(H2,19,23). The molecule has 1 aromatic heterocycles. The smallest absolute Gasteiger partial charge is 0.252 e. The number of carbonyl (C=O) groups is 1. The van der Waals surface area contributed by atoms with Gasteiger partial charge in [0.15, 0.2) is 0 Å². The Morgan fingerprint density at radius 3 is 2.88 bits per heavy atom. The highest BCUT2D eigenvalue weighted by Crippen LogP contribution is 2.26. The number of aromatic nitrogens is 3. The van der Waals surface area contributed by atoms with Gasteiger partial charge in [0.05, 0.1) is 11.3 Å². The normalized spacial score (nSPS) is 10.6. The van der Waals surface area contributed by atoms with Gasteiger partial charge in [0.25, 0.3) is 5.91 Å². The fourth-order valence-electron chi connectivity index (χ4n) is 2.39. The van der Waals surface area contributed by atoms with Crippen molar-refractivity contribution in [3.8, 4) is 11.4 Å². The fourth-order valence-corrected chi connectivity index (χ4v) is 2.56. The zero-order valence-corrected chi connectivity index (χ0v) is 13.7.